The number of rotatable bonds is 9. The zero-order valence-corrected chi connectivity index (χ0v) is 23.3. The summed E-state index contributed by atoms with van der Waals surface area (Å²) in [7, 11) is 0. The van der Waals surface area contributed by atoms with Crippen molar-refractivity contribution in [1.82, 2.24) is 10.2 Å². The lowest BCUT2D eigenvalue weighted by atomic mass is 10.0. The Hall–Kier alpha value is -2.75. The third-order valence-electron chi connectivity index (χ3n) is 5.61. The van der Waals surface area contributed by atoms with E-state index in [4.69, 9.17) is 15.2 Å². The van der Waals surface area contributed by atoms with Gasteiger partial charge in [-0.2, -0.15) is 0 Å². The highest BCUT2D eigenvalue weighted by Gasteiger charge is 2.42. The van der Waals surface area contributed by atoms with Gasteiger partial charge in [-0.1, -0.05) is 48.5 Å². The summed E-state index contributed by atoms with van der Waals surface area (Å²) in [5.74, 6) is -0.110. The van der Waals surface area contributed by atoms with E-state index < -0.39 is 35.6 Å². The quantitative estimate of drug-likeness (QED) is 0.462. The number of para-hydroxylation sites is 1. The standard InChI is InChI=1S/C27H35N3O5S.ClH/c1-18-10-8-9-13-22(18)34-15-23(31)35-24(20(28)14-19-11-6-5-7-12-19)26(33)30-17-36-16-21(30)25(32)29-27(2,3)4;/h5-13,20-21,24H,14-17,28H2,1-4H3,(H,29,32);1H/t20-,21-,24-;/m0./s1. The lowest BCUT2D eigenvalue weighted by Crippen LogP contribution is -2.57. The number of amides is 2. The van der Waals surface area contributed by atoms with Gasteiger partial charge in [0.1, 0.15) is 11.8 Å². The van der Waals surface area contributed by atoms with E-state index in [1.54, 1.807) is 6.07 Å². The third-order valence-corrected chi connectivity index (χ3v) is 6.62. The molecule has 1 fully saturated rings. The largest absolute Gasteiger partial charge is 0.482 e. The number of ether oxygens (including phenoxy) is 2. The first-order valence-corrected chi connectivity index (χ1v) is 13.1. The fourth-order valence-corrected chi connectivity index (χ4v) is 5.00. The van der Waals surface area contributed by atoms with Crippen LogP contribution in [0.1, 0.15) is 31.9 Å². The second kappa shape index (κ2) is 13.7. The summed E-state index contributed by atoms with van der Waals surface area (Å²) in [6.07, 6.45) is -0.940. The molecule has 3 rings (SSSR count). The number of hydrogen-bond donors (Lipinski definition) is 2. The zero-order chi connectivity index (χ0) is 26.3. The number of nitrogens with one attached hydrogen (secondary N) is 1. The molecule has 0 aromatic heterocycles. The van der Waals surface area contributed by atoms with Gasteiger partial charge in [-0.25, -0.2) is 4.79 Å². The topological polar surface area (TPSA) is 111 Å². The number of aryl methyl sites for hydroxylation is 1. The molecule has 37 heavy (non-hydrogen) atoms. The molecule has 8 nitrogen and oxygen atoms in total. The predicted molar refractivity (Wildman–Crippen MR) is 148 cm³/mol. The molecule has 0 unspecified atom stereocenters. The maximum Gasteiger partial charge on any atom is 0.345 e. The van der Waals surface area contributed by atoms with Gasteiger partial charge in [-0.3, -0.25) is 9.59 Å². The van der Waals surface area contributed by atoms with E-state index in [-0.39, 0.29) is 24.9 Å². The first-order valence-electron chi connectivity index (χ1n) is 11.9. The van der Waals surface area contributed by atoms with E-state index in [1.165, 1.54) is 16.7 Å². The van der Waals surface area contributed by atoms with Crippen LogP contribution in [-0.2, 0) is 25.5 Å². The van der Waals surface area contributed by atoms with E-state index in [0.717, 1.165) is 11.1 Å². The zero-order valence-electron chi connectivity index (χ0n) is 21.6. The van der Waals surface area contributed by atoms with Crippen molar-refractivity contribution in [2.45, 2.75) is 57.8 Å². The number of carbonyl (C=O) groups is 3. The Bertz CT molecular complexity index is 1060. The van der Waals surface area contributed by atoms with Crippen molar-refractivity contribution in [2.75, 3.05) is 18.2 Å². The SMILES string of the molecule is Cc1ccccc1OCC(=O)O[C@H](C(=O)N1CSC[C@H]1C(=O)NC(C)(C)C)[C@@H](N)Cc1ccccc1.Cl. The number of nitrogens with two attached hydrogens (primary N) is 1. The first-order chi connectivity index (χ1) is 17.0. The molecule has 2 amide bonds. The molecule has 2 aromatic carbocycles. The van der Waals surface area contributed by atoms with E-state index in [2.05, 4.69) is 5.32 Å². The lowest BCUT2D eigenvalue weighted by Gasteiger charge is -2.31. The number of esters is 1. The molecule has 1 heterocycles. The van der Waals surface area contributed by atoms with Crippen LogP contribution in [0.15, 0.2) is 54.6 Å². The third kappa shape index (κ3) is 8.94. The summed E-state index contributed by atoms with van der Waals surface area (Å²) >= 11 is 1.47. The van der Waals surface area contributed by atoms with Gasteiger partial charge in [0.15, 0.2) is 12.7 Å². The maximum absolute atomic E-state index is 13.7. The second-order valence-corrected chi connectivity index (χ2v) is 10.9. The fraction of sp³-hybridized carbons (Fsp3) is 0.444. The minimum atomic E-state index is -1.26. The lowest BCUT2D eigenvalue weighted by molar-refractivity contribution is -0.164. The molecular formula is C27H36ClN3O5S. The second-order valence-electron chi connectivity index (χ2n) is 9.88. The van der Waals surface area contributed by atoms with E-state index >= 15 is 0 Å². The van der Waals surface area contributed by atoms with Crippen molar-refractivity contribution in [3.05, 3.63) is 65.7 Å². The van der Waals surface area contributed by atoms with Crippen molar-refractivity contribution in [3.63, 3.8) is 0 Å². The molecule has 3 N–H and O–H groups in total. The minimum absolute atomic E-state index is 0. The van der Waals surface area contributed by atoms with Gasteiger partial charge in [0, 0.05) is 11.3 Å². The highest BCUT2D eigenvalue weighted by atomic mass is 35.5. The van der Waals surface area contributed by atoms with Gasteiger partial charge in [0.25, 0.3) is 5.91 Å². The van der Waals surface area contributed by atoms with E-state index in [9.17, 15) is 14.4 Å². The van der Waals surface area contributed by atoms with Gasteiger partial charge in [0.05, 0.1) is 11.9 Å². The molecule has 202 valence electrons. The normalized spacial score (nSPS) is 16.8. The van der Waals surface area contributed by atoms with Crippen LogP contribution < -0.4 is 15.8 Å². The van der Waals surface area contributed by atoms with E-state index in [0.29, 0.717) is 23.8 Å². The monoisotopic (exact) mass is 549 g/mol. The van der Waals surface area contributed by atoms with Crippen molar-refractivity contribution >= 4 is 42.0 Å². The summed E-state index contributed by atoms with van der Waals surface area (Å²) in [5.41, 5.74) is 7.79. The van der Waals surface area contributed by atoms with Crippen molar-refractivity contribution in [2.24, 2.45) is 5.73 Å². The van der Waals surface area contributed by atoms with Crippen LogP contribution in [-0.4, -0.2) is 64.6 Å². The Morgan fingerprint density at radius 2 is 1.76 bits per heavy atom. The number of halogens is 1. The molecular weight excluding hydrogens is 514 g/mol. The molecule has 10 heteroatoms. The van der Waals surface area contributed by atoms with Crippen LogP contribution in [0.25, 0.3) is 0 Å². The number of nitrogens with zero attached hydrogens (tertiary/aromatic N) is 1. The van der Waals surface area contributed by atoms with Crippen LogP contribution in [0.3, 0.4) is 0 Å². The maximum atomic E-state index is 13.7. The molecule has 1 saturated heterocycles. The van der Waals surface area contributed by atoms with Gasteiger partial charge >= 0.3 is 5.97 Å². The van der Waals surface area contributed by atoms with Crippen LogP contribution in [0, 0.1) is 6.92 Å². The summed E-state index contributed by atoms with van der Waals surface area (Å²) in [5, 5.41) is 2.93. The van der Waals surface area contributed by atoms with Crippen LogP contribution in [0.4, 0.5) is 0 Å². The highest BCUT2D eigenvalue weighted by Crippen LogP contribution is 2.24. The Morgan fingerprint density at radius 1 is 1.11 bits per heavy atom. The van der Waals surface area contributed by atoms with Crippen molar-refractivity contribution < 1.29 is 23.9 Å². The van der Waals surface area contributed by atoms with Crippen molar-refractivity contribution in [3.8, 4) is 5.75 Å². The average molecular weight is 550 g/mol. The number of thioether (sulfide) groups is 1. The highest BCUT2D eigenvalue weighted by molar-refractivity contribution is 7.99. The molecule has 2 aromatic rings. The predicted octanol–water partition coefficient (Wildman–Crippen LogP) is 3.09. The molecule has 1 aliphatic heterocycles. The van der Waals surface area contributed by atoms with Gasteiger partial charge in [0.2, 0.25) is 5.91 Å². The molecule has 0 radical (unpaired) electrons. The Kier molecular flexibility index (Phi) is 11.3. The Labute approximate surface area is 229 Å². The first kappa shape index (κ1) is 30.5. The molecule has 1 aliphatic rings. The molecule has 3 atom stereocenters. The number of hydrogen-bond acceptors (Lipinski definition) is 7. The smallest absolute Gasteiger partial charge is 0.345 e. The van der Waals surface area contributed by atoms with Crippen LogP contribution in [0.5, 0.6) is 5.75 Å². The van der Waals surface area contributed by atoms with Gasteiger partial charge in [-0.15, -0.1) is 24.2 Å². The van der Waals surface area contributed by atoms with E-state index in [1.807, 2.05) is 76.2 Å². The fourth-order valence-electron chi connectivity index (χ4n) is 3.84. The average Bonchev–Trinajstić information content (AvgIpc) is 3.31. The van der Waals surface area contributed by atoms with Crippen LogP contribution in [0.2, 0.25) is 0 Å². The molecule has 0 aliphatic carbocycles. The summed E-state index contributed by atoms with van der Waals surface area (Å²) < 4.78 is 11.2. The molecule has 0 bridgehead atoms. The summed E-state index contributed by atoms with van der Waals surface area (Å²) in [6, 6.07) is 15.3. The number of benzene rings is 2. The van der Waals surface area contributed by atoms with Crippen LogP contribution >= 0.6 is 24.2 Å². The molecule has 0 saturated carbocycles. The van der Waals surface area contributed by atoms with Gasteiger partial charge in [-0.05, 0) is 51.3 Å². The summed E-state index contributed by atoms with van der Waals surface area (Å²) in [4.78, 5) is 40.8. The Morgan fingerprint density at radius 3 is 2.41 bits per heavy atom. The molecule has 0 spiro atoms. The van der Waals surface area contributed by atoms with Gasteiger partial charge < -0.3 is 25.4 Å². The minimum Gasteiger partial charge on any atom is -0.482 e. The van der Waals surface area contributed by atoms with Crippen molar-refractivity contribution in [1.29, 1.82) is 0 Å². The Balaban J connectivity index is 0.00000481. The number of carbonyl (C=O) groups excluding carboxylic acids is 3. The summed E-state index contributed by atoms with van der Waals surface area (Å²) in [6.45, 7) is 7.15.